The van der Waals surface area contributed by atoms with E-state index in [9.17, 15) is 8.78 Å². The Morgan fingerprint density at radius 1 is 1.27 bits per heavy atom. The highest BCUT2D eigenvalue weighted by Crippen LogP contribution is 2.27. The maximum absolute atomic E-state index is 13.3. The van der Waals surface area contributed by atoms with Crippen LogP contribution in [0.4, 0.5) is 8.78 Å². The molecule has 2 rings (SSSR count). The van der Waals surface area contributed by atoms with E-state index in [-0.39, 0.29) is 5.75 Å². The Morgan fingerprint density at radius 3 is 2.40 bits per heavy atom. The van der Waals surface area contributed by atoms with Gasteiger partial charge in [0.2, 0.25) is 0 Å². The molecule has 0 amide bonds. The summed E-state index contributed by atoms with van der Waals surface area (Å²) in [5.74, 6) is -1.84. The van der Waals surface area contributed by atoms with Gasteiger partial charge in [-0.1, -0.05) is 0 Å². The van der Waals surface area contributed by atoms with E-state index in [0.29, 0.717) is 11.3 Å². The van der Waals surface area contributed by atoms with Crippen LogP contribution in [0.3, 0.4) is 0 Å². The highest BCUT2D eigenvalue weighted by Gasteiger charge is 2.12. The summed E-state index contributed by atoms with van der Waals surface area (Å²) in [7, 11) is 1.22. The number of aromatic nitrogens is 2. The van der Waals surface area contributed by atoms with E-state index < -0.39 is 11.6 Å². The van der Waals surface area contributed by atoms with Gasteiger partial charge in [0.05, 0.1) is 12.8 Å². The SMILES string of the molecule is COc1c(F)cc(-c2ccn[nH]2)cc1F. The molecule has 1 heterocycles. The minimum absolute atomic E-state index is 0.377. The van der Waals surface area contributed by atoms with Crippen LogP contribution in [0.15, 0.2) is 24.4 Å². The molecule has 0 saturated carbocycles. The maximum atomic E-state index is 13.3. The second-order valence-corrected chi connectivity index (χ2v) is 2.94. The molecule has 2 aromatic rings. The lowest BCUT2D eigenvalue weighted by molar-refractivity contribution is 0.360. The van der Waals surface area contributed by atoms with Crippen LogP contribution >= 0.6 is 0 Å². The van der Waals surface area contributed by atoms with Crippen molar-refractivity contribution >= 4 is 0 Å². The number of hydrogen-bond acceptors (Lipinski definition) is 2. The van der Waals surface area contributed by atoms with Gasteiger partial charge >= 0.3 is 0 Å². The van der Waals surface area contributed by atoms with Crippen LogP contribution in [0.1, 0.15) is 0 Å². The van der Waals surface area contributed by atoms with Crippen molar-refractivity contribution in [1.29, 1.82) is 0 Å². The zero-order chi connectivity index (χ0) is 10.8. The second-order valence-electron chi connectivity index (χ2n) is 2.94. The van der Waals surface area contributed by atoms with Gasteiger partial charge in [0.1, 0.15) is 0 Å². The second kappa shape index (κ2) is 3.68. The standard InChI is InChI=1S/C10H8F2N2O/c1-15-10-7(11)4-6(5-8(10)12)9-2-3-13-14-9/h2-5H,1H3,(H,13,14). The van der Waals surface area contributed by atoms with Crippen LogP contribution in [0.5, 0.6) is 5.75 Å². The number of hydrogen-bond donors (Lipinski definition) is 1. The van der Waals surface area contributed by atoms with Gasteiger partial charge in [0.15, 0.2) is 17.4 Å². The molecule has 15 heavy (non-hydrogen) atoms. The fourth-order valence-electron chi connectivity index (χ4n) is 1.33. The zero-order valence-electron chi connectivity index (χ0n) is 7.92. The molecule has 1 N–H and O–H groups in total. The van der Waals surface area contributed by atoms with Crippen molar-refractivity contribution in [2.24, 2.45) is 0 Å². The van der Waals surface area contributed by atoms with Gasteiger partial charge in [-0.3, -0.25) is 5.10 Å². The van der Waals surface area contributed by atoms with Crippen LogP contribution in [-0.2, 0) is 0 Å². The van der Waals surface area contributed by atoms with Gasteiger partial charge in [-0.25, -0.2) is 8.78 Å². The molecule has 0 bridgehead atoms. The predicted molar refractivity (Wildman–Crippen MR) is 50.5 cm³/mol. The normalized spacial score (nSPS) is 10.3. The lowest BCUT2D eigenvalue weighted by Gasteiger charge is -2.05. The number of benzene rings is 1. The molecule has 5 heteroatoms. The average molecular weight is 210 g/mol. The van der Waals surface area contributed by atoms with Crippen molar-refractivity contribution in [3.8, 4) is 17.0 Å². The van der Waals surface area contributed by atoms with Gasteiger partial charge in [0.25, 0.3) is 0 Å². The third-order valence-electron chi connectivity index (χ3n) is 2.01. The molecule has 0 fully saturated rings. The first-order valence-electron chi connectivity index (χ1n) is 4.25. The van der Waals surface area contributed by atoms with E-state index >= 15 is 0 Å². The molecule has 0 atom stereocenters. The number of methoxy groups -OCH3 is 1. The number of ether oxygens (including phenoxy) is 1. The van der Waals surface area contributed by atoms with E-state index in [1.54, 1.807) is 6.07 Å². The van der Waals surface area contributed by atoms with Gasteiger partial charge in [0, 0.05) is 11.8 Å². The monoisotopic (exact) mass is 210 g/mol. The van der Waals surface area contributed by atoms with Crippen molar-refractivity contribution in [2.45, 2.75) is 0 Å². The molecule has 0 aliphatic carbocycles. The van der Waals surface area contributed by atoms with Crippen molar-refractivity contribution < 1.29 is 13.5 Å². The molecule has 0 aliphatic rings. The number of halogens is 2. The first-order valence-corrected chi connectivity index (χ1v) is 4.25. The van der Waals surface area contributed by atoms with E-state index in [4.69, 9.17) is 0 Å². The lowest BCUT2D eigenvalue weighted by atomic mass is 10.1. The maximum Gasteiger partial charge on any atom is 0.190 e. The van der Waals surface area contributed by atoms with E-state index in [1.165, 1.54) is 25.4 Å². The summed E-state index contributed by atoms with van der Waals surface area (Å²) in [6.45, 7) is 0. The topological polar surface area (TPSA) is 37.9 Å². The van der Waals surface area contributed by atoms with Crippen LogP contribution < -0.4 is 4.74 Å². The summed E-state index contributed by atoms with van der Waals surface area (Å²) >= 11 is 0. The fourth-order valence-corrected chi connectivity index (χ4v) is 1.33. The summed E-state index contributed by atoms with van der Waals surface area (Å²) < 4.78 is 31.2. The molecule has 0 radical (unpaired) electrons. The van der Waals surface area contributed by atoms with Crippen molar-refractivity contribution in [2.75, 3.05) is 7.11 Å². The molecule has 3 nitrogen and oxygen atoms in total. The number of nitrogens with one attached hydrogen (secondary N) is 1. The summed E-state index contributed by atoms with van der Waals surface area (Å²) in [6.07, 6.45) is 1.51. The quantitative estimate of drug-likeness (QED) is 0.826. The predicted octanol–water partition coefficient (Wildman–Crippen LogP) is 2.36. The minimum Gasteiger partial charge on any atom is -0.491 e. The average Bonchev–Trinajstić information content (AvgIpc) is 2.69. The van der Waals surface area contributed by atoms with E-state index in [1.807, 2.05) is 0 Å². The third kappa shape index (κ3) is 1.68. The zero-order valence-corrected chi connectivity index (χ0v) is 7.92. The van der Waals surface area contributed by atoms with Crippen LogP contribution in [0, 0.1) is 11.6 Å². The summed E-state index contributed by atoms with van der Waals surface area (Å²) in [5.41, 5.74) is 0.943. The molecule has 78 valence electrons. The van der Waals surface area contributed by atoms with Crippen molar-refractivity contribution in [1.82, 2.24) is 10.2 Å². The van der Waals surface area contributed by atoms with E-state index in [2.05, 4.69) is 14.9 Å². The Morgan fingerprint density at radius 2 is 1.93 bits per heavy atom. The first-order chi connectivity index (χ1) is 7.22. The molecule has 0 aliphatic heterocycles. The Kier molecular flexibility index (Phi) is 2.37. The van der Waals surface area contributed by atoms with E-state index in [0.717, 1.165) is 0 Å². The highest BCUT2D eigenvalue weighted by molar-refractivity contribution is 5.60. The molecule has 0 saturated heterocycles. The molecule has 0 unspecified atom stereocenters. The Bertz CT molecular complexity index is 445. The minimum atomic E-state index is -0.734. The Balaban J connectivity index is 2.53. The fraction of sp³-hybridized carbons (Fsp3) is 0.100. The number of H-pyrrole nitrogens is 1. The molecule has 1 aromatic carbocycles. The number of nitrogens with zero attached hydrogens (tertiary/aromatic N) is 1. The van der Waals surface area contributed by atoms with Crippen LogP contribution in [-0.4, -0.2) is 17.3 Å². The van der Waals surface area contributed by atoms with Crippen LogP contribution in [0.2, 0.25) is 0 Å². The van der Waals surface area contributed by atoms with Crippen molar-refractivity contribution in [3.63, 3.8) is 0 Å². The molecule has 0 spiro atoms. The van der Waals surface area contributed by atoms with Gasteiger partial charge in [-0.05, 0) is 18.2 Å². The Hall–Kier alpha value is -1.91. The molecule has 1 aromatic heterocycles. The Labute approximate surface area is 84.7 Å². The summed E-state index contributed by atoms with van der Waals surface area (Å²) in [5, 5.41) is 6.32. The largest absolute Gasteiger partial charge is 0.491 e. The first kappa shape index (κ1) is 9.64. The van der Waals surface area contributed by atoms with Gasteiger partial charge < -0.3 is 4.74 Å². The number of aromatic amines is 1. The number of rotatable bonds is 2. The highest BCUT2D eigenvalue weighted by atomic mass is 19.1. The lowest BCUT2D eigenvalue weighted by Crippen LogP contribution is -1.93. The van der Waals surface area contributed by atoms with Gasteiger partial charge in [-0.15, -0.1) is 0 Å². The molecular formula is C10H8F2N2O. The smallest absolute Gasteiger partial charge is 0.190 e. The van der Waals surface area contributed by atoms with Crippen molar-refractivity contribution in [3.05, 3.63) is 36.0 Å². The van der Waals surface area contributed by atoms with Gasteiger partial charge in [-0.2, -0.15) is 5.10 Å². The molecular weight excluding hydrogens is 202 g/mol. The third-order valence-corrected chi connectivity index (χ3v) is 2.01. The summed E-state index contributed by atoms with van der Waals surface area (Å²) in [4.78, 5) is 0. The summed E-state index contributed by atoms with van der Waals surface area (Å²) in [6, 6.07) is 4.01. The van der Waals surface area contributed by atoms with Crippen LogP contribution in [0.25, 0.3) is 11.3 Å².